The maximum Gasteiger partial charge on any atom is 0.267 e. The number of nitrogens with one attached hydrogen (secondary N) is 2. The van der Waals surface area contributed by atoms with Crippen LogP contribution in [-0.2, 0) is 4.79 Å². The number of carbonyl (C=O) groups is 1. The fraction of sp³-hybridized carbons (Fsp3) is 0. The van der Waals surface area contributed by atoms with Gasteiger partial charge < -0.3 is 15.7 Å². The fourth-order valence-corrected chi connectivity index (χ4v) is 1.75. The van der Waals surface area contributed by atoms with Crippen molar-refractivity contribution in [2.75, 3.05) is 10.6 Å². The van der Waals surface area contributed by atoms with Gasteiger partial charge in [0.2, 0.25) is 0 Å². The van der Waals surface area contributed by atoms with E-state index in [4.69, 9.17) is 16.9 Å². The average Bonchev–Trinajstić information content (AvgIpc) is 2.52. The van der Waals surface area contributed by atoms with Crippen LogP contribution < -0.4 is 10.6 Å². The molecule has 0 radical (unpaired) electrons. The molecule has 0 heterocycles. The topological polar surface area (TPSA) is 85.2 Å². The zero-order chi connectivity index (χ0) is 15.9. The first kappa shape index (κ1) is 15.4. The van der Waals surface area contributed by atoms with E-state index in [1.807, 2.05) is 0 Å². The second kappa shape index (κ2) is 7.16. The Morgan fingerprint density at radius 1 is 1.18 bits per heavy atom. The summed E-state index contributed by atoms with van der Waals surface area (Å²) in [7, 11) is 0. The van der Waals surface area contributed by atoms with E-state index in [1.165, 1.54) is 12.3 Å². The monoisotopic (exact) mass is 313 g/mol. The molecule has 0 spiro atoms. The van der Waals surface area contributed by atoms with E-state index in [-0.39, 0.29) is 11.3 Å². The Balaban J connectivity index is 2.09. The number of rotatable bonds is 4. The number of hydrogen-bond acceptors (Lipinski definition) is 4. The van der Waals surface area contributed by atoms with Gasteiger partial charge in [0.15, 0.2) is 0 Å². The van der Waals surface area contributed by atoms with E-state index in [9.17, 15) is 9.90 Å². The van der Waals surface area contributed by atoms with Crippen molar-refractivity contribution in [3.8, 4) is 11.8 Å². The lowest BCUT2D eigenvalue weighted by molar-refractivity contribution is -0.112. The number of anilines is 2. The standard InChI is InChI=1S/C16H12ClN3O2/c17-12-5-7-13(8-6-12)20-16(22)11(9-18)10-19-14-3-1-2-4-15(14)21/h1-8,10,19,21H,(H,20,22)/b11-10-. The predicted molar refractivity (Wildman–Crippen MR) is 85.5 cm³/mol. The molecule has 22 heavy (non-hydrogen) atoms. The molecule has 1 amide bonds. The number of aromatic hydroxyl groups is 1. The minimum atomic E-state index is -0.562. The second-order valence-corrected chi connectivity index (χ2v) is 4.73. The molecule has 0 aliphatic rings. The number of phenolic OH excluding ortho intramolecular Hbond substituents is 1. The van der Waals surface area contributed by atoms with Gasteiger partial charge in [0.05, 0.1) is 5.69 Å². The quantitative estimate of drug-likeness (QED) is 0.458. The first-order valence-corrected chi connectivity index (χ1v) is 6.69. The highest BCUT2D eigenvalue weighted by molar-refractivity contribution is 6.30. The molecule has 3 N–H and O–H groups in total. The normalized spacial score (nSPS) is 10.6. The summed E-state index contributed by atoms with van der Waals surface area (Å²) in [4.78, 5) is 12.0. The molecular weight excluding hydrogens is 302 g/mol. The number of hydrogen-bond donors (Lipinski definition) is 3. The number of amides is 1. The molecule has 0 saturated carbocycles. The van der Waals surface area contributed by atoms with Crippen molar-refractivity contribution in [1.29, 1.82) is 5.26 Å². The van der Waals surface area contributed by atoms with Crippen LogP contribution in [0.15, 0.2) is 60.3 Å². The van der Waals surface area contributed by atoms with Gasteiger partial charge in [-0.15, -0.1) is 0 Å². The lowest BCUT2D eigenvalue weighted by atomic mass is 10.2. The molecule has 0 atom stereocenters. The molecule has 0 unspecified atom stereocenters. The smallest absolute Gasteiger partial charge is 0.267 e. The van der Waals surface area contributed by atoms with Crippen LogP contribution in [0, 0.1) is 11.3 Å². The zero-order valence-corrected chi connectivity index (χ0v) is 12.1. The third-order valence-electron chi connectivity index (χ3n) is 2.74. The van der Waals surface area contributed by atoms with Crippen LogP contribution in [-0.4, -0.2) is 11.0 Å². The molecule has 0 fully saturated rings. The van der Waals surface area contributed by atoms with Gasteiger partial charge >= 0.3 is 0 Å². The van der Waals surface area contributed by atoms with Gasteiger partial charge in [-0.2, -0.15) is 5.26 Å². The molecule has 110 valence electrons. The summed E-state index contributed by atoms with van der Waals surface area (Å²) in [5, 5.41) is 24.5. The zero-order valence-electron chi connectivity index (χ0n) is 11.4. The van der Waals surface area contributed by atoms with Gasteiger partial charge in [-0.05, 0) is 36.4 Å². The minimum absolute atomic E-state index is 0.0224. The Hall–Kier alpha value is -2.97. The first-order chi connectivity index (χ1) is 10.6. The Morgan fingerprint density at radius 3 is 2.50 bits per heavy atom. The molecule has 0 saturated heterocycles. The summed E-state index contributed by atoms with van der Waals surface area (Å²) in [6.07, 6.45) is 1.24. The first-order valence-electron chi connectivity index (χ1n) is 6.32. The van der Waals surface area contributed by atoms with Gasteiger partial charge in [-0.3, -0.25) is 4.79 Å². The molecule has 0 aliphatic carbocycles. The van der Waals surface area contributed by atoms with Crippen LogP contribution in [0.1, 0.15) is 0 Å². The summed E-state index contributed by atoms with van der Waals surface area (Å²) in [6.45, 7) is 0. The van der Waals surface area contributed by atoms with E-state index < -0.39 is 5.91 Å². The Bertz CT molecular complexity index is 749. The van der Waals surface area contributed by atoms with Crippen molar-refractivity contribution in [2.24, 2.45) is 0 Å². The van der Waals surface area contributed by atoms with Crippen molar-refractivity contribution in [3.05, 3.63) is 65.3 Å². The lowest BCUT2D eigenvalue weighted by Gasteiger charge is -2.06. The van der Waals surface area contributed by atoms with Crippen molar-refractivity contribution >= 4 is 28.9 Å². The van der Waals surface area contributed by atoms with Crippen molar-refractivity contribution in [2.45, 2.75) is 0 Å². The third-order valence-corrected chi connectivity index (χ3v) is 3.00. The SMILES string of the molecule is N#C/C(=C/Nc1ccccc1O)C(=O)Nc1ccc(Cl)cc1. The van der Waals surface area contributed by atoms with Gasteiger partial charge in [0.1, 0.15) is 17.4 Å². The van der Waals surface area contributed by atoms with Crippen molar-refractivity contribution in [3.63, 3.8) is 0 Å². The molecule has 0 aliphatic heterocycles. The number of carbonyl (C=O) groups excluding carboxylic acids is 1. The molecule has 6 heteroatoms. The largest absolute Gasteiger partial charge is 0.506 e. The van der Waals surface area contributed by atoms with E-state index in [0.29, 0.717) is 16.4 Å². The van der Waals surface area contributed by atoms with Crippen LogP contribution in [0.25, 0.3) is 0 Å². The molecule has 2 rings (SSSR count). The predicted octanol–water partition coefficient (Wildman–Crippen LogP) is 3.50. The summed E-state index contributed by atoms with van der Waals surface area (Å²) in [6, 6.07) is 14.8. The van der Waals surface area contributed by atoms with Crippen molar-refractivity contribution < 1.29 is 9.90 Å². The maximum absolute atomic E-state index is 12.0. The number of benzene rings is 2. The molecule has 0 aromatic heterocycles. The highest BCUT2D eigenvalue weighted by atomic mass is 35.5. The molecule has 5 nitrogen and oxygen atoms in total. The van der Waals surface area contributed by atoms with E-state index in [1.54, 1.807) is 48.5 Å². The number of halogens is 1. The summed E-state index contributed by atoms with van der Waals surface area (Å²) in [5.74, 6) is -0.540. The van der Waals surface area contributed by atoms with Crippen LogP contribution >= 0.6 is 11.6 Å². The van der Waals surface area contributed by atoms with Crippen LogP contribution in [0.4, 0.5) is 11.4 Å². The summed E-state index contributed by atoms with van der Waals surface area (Å²) < 4.78 is 0. The van der Waals surface area contributed by atoms with E-state index >= 15 is 0 Å². The van der Waals surface area contributed by atoms with Gasteiger partial charge in [-0.25, -0.2) is 0 Å². The fourth-order valence-electron chi connectivity index (χ4n) is 1.63. The average molecular weight is 314 g/mol. The van der Waals surface area contributed by atoms with Gasteiger partial charge in [0.25, 0.3) is 5.91 Å². The van der Waals surface area contributed by atoms with Crippen molar-refractivity contribution in [1.82, 2.24) is 0 Å². The lowest BCUT2D eigenvalue weighted by Crippen LogP contribution is -2.14. The van der Waals surface area contributed by atoms with Crippen LogP contribution in [0.2, 0.25) is 5.02 Å². The highest BCUT2D eigenvalue weighted by Gasteiger charge is 2.09. The van der Waals surface area contributed by atoms with E-state index in [2.05, 4.69) is 10.6 Å². The molecular formula is C16H12ClN3O2. The molecule has 0 bridgehead atoms. The third kappa shape index (κ3) is 4.01. The Labute approximate surface area is 132 Å². The second-order valence-electron chi connectivity index (χ2n) is 4.29. The summed E-state index contributed by atoms with van der Waals surface area (Å²) >= 11 is 5.76. The Kier molecular flexibility index (Phi) is 5.02. The minimum Gasteiger partial charge on any atom is -0.506 e. The van der Waals surface area contributed by atoms with E-state index in [0.717, 1.165) is 0 Å². The van der Waals surface area contributed by atoms with Gasteiger partial charge in [-0.1, -0.05) is 23.7 Å². The summed E-state index contributed by atoms with van der Waals surface area (Å²) in [5.41, 5.74) is 0.797. The Morgan fingerprint density at radius 2 is 1.86 bits per heavy atom. The van der Waals surface area contributed by atoms with Gasteiger partial charge in [0, 0.05) is 16.9 Å². The number of phenols is 1. The number of nitrogens with zero attached hydrogens (tertiary/aromatic N) is 1. The number of para-hydroxylation sites is 2. The molecule has 2 aromatic carbocycles. The highest BCUT2D eigenvalue weighted by Crippen LogP contribution is 2.21. The molecule has 2 aromatic rings. The maximum atomic E-state index is 12.0. The van der Waals surface area contributed by atoms with Crippen LogP contribution in [0.3, 0.4) is 0 Å². The number of nitriles is 1. The van der Waals surface area contributed by atoms with Crippen LogP contribution in [0.5, 0.6) is 5.75 Å².